The number of rotatable bonds is 3. The Balaban J connectivity index is 0.00000196. The number of aryl methyl sites for hydroxylation is 1. The molecule has 2 atom stereocenters. The minimum absolute atomic E-state index is 0. The van der Waals surface area contributed by atoms with Gasteiger partial charge in [-0.2, -0.15) is 0 Å². The van der Waals surface area contributed by atoms with Gasteiger partial charge in [0.1, 0.15) is 0 Å². The first kappa shape index (κ1) is 18.7. The Morgan fingerprint density at radius 2 is 1.96 bits per heavy atom. The molecule has 2 N–H and O–H groups in total. The summed E-state index contributed by atoms with van der Waals surface area (Å²) in [5, 5.41) is 8.99. The molecule has 1 aliphatic heterocycles. The highest BCUT2D eigenvalue weighted by molar-refractivity contribution is 6.09. The van der Waals surface area contributed by atoms with E-state index in [0.29, 0.717) is 6.04 Å². The fourth-order valence-electron chi connectivity index (χ4n) is 4.09. The summed E-state index contributed by atoms with van der Waals surface area (Å²) in [6.07, 6.45) is 1.82. The molecule has 0 radical (unpaired) electrons. The second kappa shape index (κ2) is 7.68. The van der Waals surface area contributed by atoms with E-state index in [-0.39, 0.29) is 24.2 Å². The van der Waals surface area contributed by atoms with Crippen molar-refractivity contribution in [3.05, 3.63) is 42.5 Å². The molecule has 3 aromatic rings. The molecule has 26 heavy (non-hydrogen) atoms. The fraction of sp³-hybridized carbons (Fsp3) is 0.381. The van der Waals surface area contributed by atoms with Crippen molar-refractivity contribution >= 4 is 45.8 Å². The molecule has 0 aliphatic carbocycles. The van der Waals surface area contributed by atoms with Gasteiger partial charge in [0.2, 0.25) is 5.91 Å². The standard InChI is InChI=1S/C21H25N3O.ClH/c1-3-24-19-7-5-4-6-17(19)18-13-16(8-9-20(18)24)23-21(25)15-10-11-22-14(2)12-15;/h4-9,13-15,22H,3,10-12H2,1-2H3,(H,23,25);1H/t14-,15-;/m0./s1. The van der Waals surface area contributed by atoms with Crippen molar-refractivity contribution in [1.29, 1.82) is 0 Å². The minimum atomic E-state index is 0. The number of benzene rings is 2. The van der Waals surface area contributed by atoms with Crippen LogP contribution in [0.1, 0.15) is 26.7 Å². The number of nitrogens with zero attached hydrogens (tertiary/aromatic N) is 1. The summed E-state index contributed by atoms with van der Waals surface area (Å²) < 4.78 is 2.32. The zero-order valence-corrected chi connectivity index (χ0v) is 16.1. The van der Waals surface area contributed by atoms with E-state index in [2.05, 4.69) is 65.4 Å². The topological polar surface area (TPSA) is 46.1 Å². The Kier molecular flexibility index (Phi) is 5.54. The molecule has 2 aromatic carbocycles. The molecular formula is C21H26ClN3O. The molecule has 1 amide bonds. The lowest BCUT2D eigenvalue weighted by molar-refractivity contribution is -0.120. The predicted molar refractivity (Wildman–Crippen MR) is 111 cm³/mol. The first-order chi connectivity index (χ1) is 12.2. The highest BCUT2D eigenvalue weighted by Gasteiger charge is 2.24. The van der Waals surface area contributed by atoms with Gasteiger partial charge in [0.25, 0.3) is 0 Å². The van der Waals surface area contributed by atoms with Crippen molar-refractivity contribution in [2.45, 2.75) is 39.3 Å². The largest absolute Gasteiger partial charge is 0.341 e. The normalized spacial score (nSPS) is 20.1. The summed E-state index contributed by atoms with van der Waals surface area (Å²) >= 11 is 0. The molecule has 1 fully saturated rings. The van der Waals surface area contributed by atoms with Gasteiger partial charge in [0.15, 0.2) is 0 Å². The maximum atomic E-state index is 12.6. The zero-order valence-electron chi connectivity index (χ0n) is 15.3. The molecule has 138 valence electrons. The number of fused-ring (bicyclic) bond motifs is 3. The lowest BCUT2D eigenvalue weighted by atomic mass is 9.92. The second-order valence-electron chi connectivity index (χ2n) is 7.06. The van der Waals surface area contributed by atoms with Gasteiger partial charge in [-0.1, -0.05) is 18.2 Å². The monoisotopic (exact) mass is 371 g/mol. The molecule has 2 heterocycles. The number of piperidine rings is 1. The number of nitrogens with one attached hydrogen (secondary N) is 2. The summed E-state index contributed by atoms with van der Waals surface area (Å²) in [5.41, 5.74) is 3.36. The first-order valence-electron chi connectivity index (χ1n) is 9.22. The number of para-hydroxylation sites is 1. The Morgan fingerprint density at radius 3 is 2.73 bits per heavy atom. The lowest BCUT2D eigenvalue weighted by Gasteiger charge is -2.27. The van der Waals surface area contributed by atoms with Crippen LogP contribution >= 0.6 is 12.4 Å². The Labute approximate surface area is 160 Å². The van der Waals surface area contributed by atoms with Crippen LogP contribution in [0.5, 0.6) is 0 Å². The quantitative estimate of drug-likeness (QED) is 0.708. The van der Waals surface area contributed by atoms with Crippen LogP contribution in [0.15, 0.2) is 42.5 Å². The van der Waals surface area contributed by atoms with E-state index >= 15 is 0 Å². The van der Waals surface area contributed by atoms with Gasteiger partial charge < -0.3 is 15.2 Å². The van der Waals surface area contributed by atoms with Crippen LogP contribution in [-0.2, 0) is 11.3 Å². The average molecular weight is 372 g/mol. The van der Waals surface area contributed by atoms with Gasteiger partial charge in [0.05, 0.1) is 0 Å². The summed E-state index contributed by atoms with van der Waals surface area (Å²) in [6, 6.07) is 15.1. The molecular weight excluding hydrogens is 346 g/mol. The highest BCUT2D eigenvalue weighted by atomic mass is 35.5. The summed E-state index contributed by atoms with van der Waals surface area (Å²) in [5.74, 6) is 0.246. The fourth-order valence-corrected chi connectivity index (χ4v) is 4.09. The van der Waals surface area contributed by atoms with Crippen molar-refractivity contribution in [1.82, 2.24) is 9.88 Å². The third kappa shape index (κ3) is 3.31. The summed E-state index contributed by atoms with van der Waals surface area (Å²) in [4.78, 5) is 12.6. The molecule has 0 saturated carbocycles. The van der Waals surface area contributed by atoms with Crippen LogP contribution < -0.4 is 10.6 Å². The van der Waals surface area contributed by atoms with E-state index in [9.17, 15) is 4.79 Å². The molecule has 1 saturated heterocycles. The van der Waals surface area contributed by atoms with Crippen LogP contribution in [0, 0.1) is 5.92 Å². The number of aromatic nitrogens is 1. The van der Waals surface area contributed by atoms with Crippen LogP contribution in [0.3, 0.4) is 0 Å². The number of carbonyl (C=O) groups is 1. The highest BCUT2D eigenvalue weighted by Crippen LogP contribution is 2.31. The van der Waals surface area contributed by atoms with Gasteiger partial charge in [-0.3, -0.25) is 4.79 Å². The minimum Gasteiger partial charge on any atom is -0.341 e. The predicted octanol–water partition coefficient (Wildman–Crippen LogP) is 4.56. The molecule has 4 rings (SSSR count). The van der Waals surface area contributed by atoms with E-state index in [1.807, 2.05) is 6.07 Å². The molecule has 0 spiro atoms. The molecule has 0 unspecified atom stereocenters. The second-order valence-corrected chi connectivity index (χ2v) is 7.06. The van der Waals surface area contributed by atoms with Gasteiger partial charge in [-0.15, -0.1) is 12.4 Å². The van der Waals surface area contributed by atoms with Gasteiger partial charge >= 0.3 is 0 Å². The number of halogens is 1. The van der Waals surface area contributed by atoms with Crippen molar-refractivity contribution in [3.63, 3.8) is 0 Å². The van der Waals surface area contributed by atoms with E-state index in [1.54, 1.807) is 0 Å². The zero-order chi connectivity index (χ0) is 17.4. The number of carbonyl (C=O) groups excluding carboxylic acids is 1. The van der Waals surface area contributed by atoms with E-state index in [1.165, 1.54) is 21.8 Å². The van der Waals surface area contributed by atoms with Gasteiger partial charge in [0, 0.05) is 46.0 Å². The lowest BCUT2D eigenvalue weighted by Crippen LogP contribution is -2.40. The van der Waals surface area contributed by atoms with Crippen LogP contribution in [0.4, 0.5) is 5.69 Å². The average Bonchev–Trinajstić information content (AvgIpc) is 2.95. The SMILES string of the molecule is CCn1c2ccccc2c2cc(NC(=O)[C@H]3CCN[C@@H](C)C3)ccc21.Cl. The Bertz CT molecular complexity index is 934. The molecule has 5 heteroatoms. The Morgan fingerprint density at radius 1 is 1.19 bits per heavy atom. The number of anilines is 1. The van der Waals surface area contributed by atoms with Crippen molar-refractivity contribution < 1.29 is 4.79 Å². The maximum absolute atomic E-state index is 12.6. The maximum Gasteiger partial charge on any atom is 0.227 e. The third-order valence-corrected chi connectivity index (χ3v) is 5.35. The van der Waals surface area contributed by atoms with E-state index < -0.39 is 0 Å². The van der Waals surface area contributed by atoms with Crippen LogP contribution in [-0.4, -0.2) is 23.1 Å². The van der Waals surface area contributed by atoms with E-state index in [4.69, 9.17) is 0 Å². The van der Waals surface area contributed by atoms with Gasteiger partial charge in [-0.25, -0.2) is 0 Å². The number of hydrogen-bond donors (Lipinski definition) is 2. The summed E-state index contributed by atoms with van der Waals surface area (Å²) in [7, 11) is 0. The smallest absolute Gasteiger partial charge is 0.227 e. The number of amides is 1. The first-order valence-corrected chi connectivity index (χ1v) is 9.22. The van der Waals surface area contributed by atoms with Crippen LogP contribution in [0.2, 0.25) is 0 Å². The van der Waals surface area contributed by atoms with Gasteiger partial charge in [-0.05, 0) is 57.5 Å². The van der Waals surface area contributed by atoms with Crippen LogP contribution in [0.25, 0.3) is 21.8 Å². The summed E-state index contributed by atoms with van der Waals surface area (Å²) in [6.45, 7) is 6.16. The number of hydrogen-bond acceptors (Lipinski definition) is 2. The third-order valence-electron chi connectivity index (χ3n) is 5.35. The van der Waals surface area contributed by atoms with Crippen molar-refractivity contribution in [2.75, 3.05) is 11.9 Å². The van der Waals surface area contributed by atoms with Crippen molar-refractivity contribution in [3.8, 4) is 0 Å². The molecule has 1 aliphatic rings. The van der Waals surface area contributed by atoms with Crippen molar-refractivity contribution in [2.24, 2.45) is 5.92 Å². The Hall–Kier alpha value is -2.04. The molecule has 1 aromatic heterocycles. The molecule has 0 bridgehead atoms. The van der Waals surface area contributed by atoms with E-state index in [0.717, 1.165) is 31.6 Å². The molecule has 4 nitrogen and oxygen atoms in total.